The van der Waals surface area contributed by atoms with Crippen molar-refractivity contribution in [3.8, 4) is 5.75 Å². The molecule has 110 valence electrons. The molecular formula is C16H24N2O2. The Kier molecular flexibility index (Phi) is 5.01. The standard InChI is InChI=1S/C16H24N2O2/c1-12(2)11-20-15-6-4-5-14(9-15)16(19)18-8-7-17-10-13(18)3/h4-6,9,12-13,17H,7-8,10-11H2,1-3H3. The lowest BCUT2D eigenvalue weighted by molar-refractivity contribution is 0.0655. The summed E-state index contributed by atoms with van der Waals surface area (Å²) in [6, 6.07) is 7.73. The van der Waals surface area contributed by atoms with Gasteiger partial charge in [-0.2, -0.15) is 0 Å². The molecule has 2 rings (SSSR count). The van der Waals surface area contributed by atoms with Crippen LogP contribution in [0, 0.1) is 5.92 Å². The normalized spacial score (nSPS) is 19.2. The third-order valence-electron chi connectivity index (χ3n) is 3.43. The predicted octanol–water partition coefficient (Wildman–Crippen LogP) is 2.16. The number of nitrogens with one attached hydrogen (secondary N) is 1. The van der Waals surface area contributed by atoms with Gasteiger partial charge in [0.1, 0.15) is 5.75 Å². The average molecular weight is 276 g/mol. The lowest BCUT2D eigenvalue weighted by atomic mass is 10.1. The first-order chi connectivity index (χ1) is 9.58. The molecule has 1 aromatic rings. The van der Waals surface area contributed by atoms with Crippen LogP contribution in [0.1, 0.15) is 31.1 Å². The fourth-order valence-electron chi connectivity index (χ4n) is 2.29. The fraction of sp³-hybridized carbons (Fsp3) is 0.562. The summed E-state index contributed by atoms with van der Waals surface area (Å²) in [6.07, 6.45) is 0. The third-order valence-corrected chi connectivity index (χ3v) is 3.43. The van der Waals surface area contributed by atoms with Crippen LogP contribution in [-0.4, -0.2) is 43.1 Å². The Balaban J connectivity index is 2.07. The summed E-state index contributed by atoms with van der Waals surface area (Å²) in [5, 5.41) is 3.30. The van der Waals surface area contributed by atoms with E-state index in [1.807, 2.05) is 29.2 Å². The van der Waals surface area contributed by atoms with E-state index < -0.39 is 0 Å². The Hall–Kier alpha value is -1.55. The van der Waals surface area contributed by atoms with Crippen molar-refractivity contribution >= 4 is 5.91 Å². The molecule has 1 aliphatic rings. The van der Waals surface area contributed by atoms with E-state index >= 15 is 0 Å². The molecule has 0 bridgehead atoms. The van der Waals surface area contributed by atoms with Crippen molar-refractivity contribution in [3.63, 3.8) is 0 Å². The zero-order valence-electron chi connectivity index (χ0n) is 12.6. The van der Waals surface area contributed by atoms with E-state index in [-0.39, 0.29) is 11.9 Å². The first-order valence-corrected chi connectivity index (χ1v) is 7.32. The van der Waals surface area contributed by atoms with Crippen LogP contribution in [0.15, 0.2) is 24.3 Å². The Bertz CT molecular complexity index is 460. The quantitative estimate of drug-likeness (QED) is 0.916. The van der Waals surface area contributed by atoms with Gasteiger partial charge in [-0.25, -0.2) is 0 Å². The number of piperazine rings is 1. The van der Waals surface area contributed by atoms with Gasteiger partial charge in [-0.05, 0) is 31.0 Å². The molecule has 1 aliphatic heterocycles. The number of amides is 1. The number of rotatable bonds is 4. The Morgan fingerprint density at radius 1 is 1.50 bits per heavy atom. The molecule has 0 aromatic heterocycles. The molecule has 0 saturated carbocycles. The van der Waals surface area contributed by atoms with Crippen molar-refractivity contribution in [2.75, 3.05) is 26.2 Å². The maximum atomic E-state index is 12.5. The van der Waals surface area contributed by atoms with Crippen molar-refractivity contribution in [2.24, 2.45) is 5.92 Å². The van der Waals surface area contributed by atoms with Gasteiger partial charge in [0.05, 0.1) is 6.61 Å². The number of hydrogen-bond donors (Lipinski definition) is 1. The topological polar surface area (TPSA) is 41.6 Å². The molecule has 1 atom stereocenters. The summed E-state index contributed by atoms with van der Waals surface area (Å²) in [5.74, 6) is 1.34. The molecule has 20 heavy (non-hydrogen) atoms. The SMILES string of the molecule is CC(C)COc1cccc(C(=O)N2CCNCC2C)c1. The highest BCUT2D eigenvalue weighted by molar-refractivity contribution is 5.94. The molecule has 1 saturated heterocycles. The number of benzene rings is 1. The molecule has 1 N–H and O–H groups in total. The van der Waals surface area contributed by atoms with Gasteiger partial charge in [0.2, 0.25) is 0 Å². The van der Waals surface area contributed by atoms with E-state index in [4.69, 9.17) is 4.74 Å². The molecular weight excluding hydrogens is 252 g/mol. The van der Waals surface area contributed by atoms with Gasteiger partial charge >= 0.3 is 0 Å². The van der Waals surface area contributed by atoms with Crippen LogP contribution in [-0.2, 0) is 0 Å². The molecule has 0 radical (unpaired) electrons. The van der Waals surface area contributed by atoms with Gasteiger partial charge in [0.15, 0.2) is 0 Å². The molecule has 0 aliphatic carbocycles. The number of carbonyl (C=O) groups excluding carboxylic acids is 1. The van der Waals surface area contributed by atoms with Crippen molar-refractivity contribution in [3.05, 3.63) is 29.8 Å². The van der Waals surface area contributed by atoms with Crippen molar-refractivity contribution in [1.29, 1.82) is 0 Å². The molecule has 1 heterocycles. The average Bonchev–Trinajstić information content (AvgIpc) is 2.45. The van der Waals surface area contributed by atoms with Crippen LogP contribution in [0.5, 0.6) is 5.75 Å². The molecule has 1 aromatic carbocycles. The fourth-order valence-corrected chi connectivity index (χ4v) is 2.29. The lowest BCUT2D eigenvalue weighted by Crippen LogP contribution is -2.52. The van der Waals surface area contributed by atoms with Crippen molar-refractivity contribution in [1.82, 2.24) is 10.2 Å². The Labute approximate surface area is 121 Å². The van der Waals surface area contributed by atoms with Gasteiger partial charge in [-0.1, -0.05) is 19.9 Å². The van der Waals surface area contributed by atoms with Gasteiger partial charge in [-0.15, -0.1) is 0 Å². The van der Waals surface area contributed by atoms with E-state index in [1.165, 1.54) is 0 Å². The maximum absolute atomic E-state index is 12.5. The highest BCUT2D eigenvalue weighted by atomic mass is 16.5. The zero-order valence-corrected chi connectivity index (χ0v) is 12.6. The summed E-state index contributed by atoms with van der Waals surface area (Å²) >= 11 is 0. The largest absolute Gasteiger partial charge is 0.493 e. The monoisotopic (exact) mass is 276 g/mol. The summed E-state index contributed by atoms with van der Waals surface area (Å²) in [7, 11) is 0. The van der Waals surface area contributed by atoms with E-state index in [0.717, 1.165) is 25.4 Å². The minimum absolute atomic E-state index is 0.0917. The van der Waals surface area contributed by atoms with Crippen LogP contribution >= 0.6 is 0 Å². The van der Waals surface area contributed by atoms with Crippen molar-refractivity contribution in [2.45, 2.75) is 26.8 Å². The van der Waals surface area contributed by atoms with E-state index in [9.17, 15) is 4.79 Å². The first kappa shape index (κ1) is 14.9. The Morgan fingerprint density at radius 2 is 2.30 bits per heavy atom. The third kappa shape index (κ3) is 3.73. The highest BCUT2D eigenvalue weighted by Gasteiger charge is 2.24. The maximum Gasteiger partial charge on any atom is 0.254 e. The molecule has 4 nitrogen and oxygen atoms in total. The van der Waals surface area contributed by atoms with E-state index in [2.05, 4.69) is 26.1 Å². The second-order valence-corrected chi connectivity index (χ2v) is 5.78. The van der Waals surface area contributed by atoms with Crippen LogP contribution in [0.25, 0.3) is 0 Å². The van der Waals surface area contributed by atoms with Crippen LogP contribution in [0.3, 0.4) is 0 Å². The minimum Gasteiger partial charge on any atom is -0.493 e. The zero-order chi connectivity index (χ0) is 14.5. The van der Waals surface area contributed by atoms with Crippen LogP contribution < -0.4 is 10.1 Å². The van der Waals surface area contributed by atoms with Crippen LogP contribution in [0.4, 0.5) is 0 Å². The lowest BCUT2D eigenvalue weighted by Gasteiger charge is -2.34. The van der Waals surface area contributed by atoms with Crippen LogP contribution in [0.2, 0.25) is 0 Å². The number of hydrogen-bond acceptors (Lipinski definition) is 3. The molecule has 1 amide bonds. The Morgan fingerprint density at radius 3 is 3.00 bits per heavy atom. The highest BCUT2D eigenvalue weighted by Crippen LogP contribution is 2.17. The number of carbonyl (C=O) groups is 1. The van der Waals surface area contributed by atoms with Crippen molar-refractivity contribution < 1.29 is 9.53 Å². The van der Waals surface area contributed by atoms with Gasteiger partial charge in [0, 0.05) is 31.2 Å². The smallest absolute Gasteiger partial charge is 0.254 e. The molecule has 1 unspecified atom stereocenters. The second kappa shape index (κ2) is 6.75. The molecule has 4 heteroatoms. The minimum atomic E-state index is 0.0917. The summed E-state index contributed by atoms with van der Waals surface area (Å²) < 4.78 is 5.69. The molecule has 1 fully saturated rings. The summed E-state index contributed by atoms with van der Waals surface area (Å²) in [6.45, 7) is 9.44. The summed E-state index contributed by atoms with van der Waals surface area (Å²) in [5.41, 5.74) is 0.708. The van der Waals surface area contributed by atoms with Gasteiger partial charge in [0.25, 0.3) is 5.91 Å². The molecule has 0 spiro atoms. The van der Waals surface area contributed by atoms with Gasteiger partial charge in [-0.3, -0.25) is 4.79 Å². The van der Waals surface area contributed by atoms with Gasteiger partial charge < -0.3 is 15.0 Å². The van der Waals surface area contributed by atoms with E-state index in [1.54, 1.807) is 0 Å². The second-order valence-electron chi connectivity index (χ2n) is 5.78. The van der Waals surface area contributed by atoms with E-state index in [0.29, 0.717) is 18.1 Å². The summed E-state index contributed by atoms with van der Waals surface area (Å²) in [4.78, 5) is 14.5. The predicted molar refractivity (Wildman–Crippen MR) is 80.1 cm³/mol. The number of ether oxygens (including phenoxy) is 1. The first-order valence-electron chi connectivity index (χ1n) is 7.32. The number of nitrogens with zero attached hydrogens (tertiary/aromatic N) is 1.